The van der Waals surface area contributed by atoms with E-state index >= 15 is 0 Å². The summed E-state index contributed by atoms with van der Waals surface area (Å²) < 4.78 is 39.5. The second kappa shape index (κ2) is 11.7. The number of primary amides is 1. The predicted molar refractivity (Wildman–Crippen MR) is 137 cm³/mol. The third-order valence-corrected chi connectivity index (χ3v) is 7.54. The smallest absolute Gasteiger partial charge is 0.391 e. The summed E-state index contributed by atoms with van der Waals surface area (Å²) in [4.78, 5) is 34.1. The molecule has 0 bridgehead atoms. The average Bonchev–Trinajstić information content (AvgIpc) is 2.91. The molecule has 39 heavy (non-hydrogen) atoms. The van der Waals surface area contributed by atoms with E-state index in [1.54, 1.807) is 48.5 Å². The minimum atomic E-state index is -4.39. The maximum atomic E-state index is 13.2. The number of hydrogen-bond donors (Lipinski definition) is 4. The van der Waals surface area contributed by atoms with Crippen molar-refractivity contribution in [3.63, 3.8) is 0 Å². The number of aromatic nitrogens is 2. The number of alkyl halides is 3. The van der Waals surface area contributed by atoms with Crippen molar-refractivity contribution >= 4 is 22.8 Å². The molecule has 4 rings (SSSR count). The van der Waals surface area contributed by atoms with E-state index in [4.69, 9.17) is 5.73 Å². The van der Waals surface area contributed by atoms with Crippen molar-refractivity contribution in [3.8, 4) is 0 Å². The van der Waals surface area contributed by atoms with Gasteiger partial charge in [-0.15, -0.1) is 0 Å². The normalized spacial score (nSPS) is 22.1. The molecule has 1 fully saturated rings. The molecule has 1 saturated carbocycles. The lowest BCUT2D eigenvalue weighted by Crippen LogP contribution is -2.53. The summed E-state index contributed by atoms with van der Waals surface area (Å²) in [6.07, 6.45) is -5.84. The van der Waals surface area contributed by atoms with E-state index in [1.165, 1.54) is 6.20 Å². The molecule has 0 radical (unpaired) electrons. The van der Waals surface area contributed by atoms with Gasteiger partial charge in [0.1, 0.15) is 5.69 Å². The molecule has 2 aromatic carbocycles. The van der Waals surface area contributed by atoms with Crippen LogP contribution in [0.4, 0.5) is 13.2 Å². The fraction of sp³-hybridized carbons (Fsp3) is 0.429. The van der Waals surface area contributed by atoms with Gasteiger partial charge in [0.05, 0.1) is 46.8 Å². The molecule has 3 atom stereocenters. The SMILES string of the molecule is NC(=O)[C@@H](C[C@H](O)[C@H](Cc1ccccc1)NC(=O)c1cnc2ccccc2n1)C1(O)CCC(C(F)(F)F)CC1. The molecule has 0 unspecified atom stereocenters. The number of nitrogens with one attached hydrogen (secondary N) is 1. The van der Waals surface area contributed by atoms with Crippen LogP contribution in [0.2, 0.25) is 0 Å². The molecule has 3 aromatic rings. The summed E-state index contributed by atoms with van der Waals surface area (Å²) in [5, 5.41) is 25.2. The Morgan fingerprint density at radius 2 is 1.67 bits per heavy atom. The van der Waals surface area contributed by atoms with E-state index < -0.39 is 47.6 Å². The first-order chi connectivity index (χ1) is 18.5. The maximum absolute atomic E-state index is 13.2. The number of rotatable bonds is 9. The van der Waals surface area contributed by atoms with E-state index in [0.717, 1.165) is 5.56 Å². The number of nitrogens with zero attached hydrogens (tertiary/aromatic N) is 2. The highest BCUT2D eigenvalue weighted by Crippen LogP contribution is 2.44. The number of para-hydroxylation sites is 2. The number of amides is 2. The number of benzene rings is 2. The highest BCUT2D eigenvalue weighted by Gasteiger charge is 2.50. The van der Waals surface area contributed by atoms with Crippen LogP contribution >= 0.6 is 0 Å². The minimum Gasteiger partial charge on any atom is -0.391 e. The molecule has 1 aliphatic rings. The molecular formula is C28H31F3N4O4. The van der Waals surface area contributed by atoms with Crippen LogP contribution in [0.1, 0.15) is 48.2 Å². The predicted octanol–water partition coefficient (Wildman–Crippen LogP) is 3.31. The van der Waals surface area contributed by atoms with Gasteiger partial charge in [-0.2, -0.15) is 13.2 Å². The zero-order chi connectivity index (χ0) is 28.2. The second-order valence-electron chi connectivity index (χ2n) is 10.2. The van der Waals surface area contributed by atoms with Crippen LogP contribution in [-0.4, -0.2) is 55.9 Å². The average molecular weight is 545 g/mol. The molecule has 0 spiro atoms. The molecule has 1 heterocycles. The van der Waals surface area contributed by atoms with Crippen LogP contribution in [-0.2, 0) is 11.2 Å². The molecule has 8 nitrogen and oxygen atoms in total. The zero-order valence-electron chi connectivity index (χ0n) is 21.1. The van der Waals surface area contributed by atoms with E-state index in [9.17, 15) is 33.0 Å². The number of halogens is 3. The largest absolute Gasteiger partial charge is 0.391 e. The Balaban J connectivity index is 1.53. The van der Waals surface area contributed by atoms with Gasteiger partial charge in [0.15, 0.2) is 0 Å². The quantitative estimate of drug-likeness (QED) is 0.326. The van der Waals surface area contributed by atoms with Gasteiger partial charge in [0.2, 0.25) is 5.91 Å². The molecule has 0 aliphatic heterocycles. The Labute approximate surface area is 223 Å². The number of hydrogen-bond acceptors (Lipinski definition) is 6. The van der Waals surface area contributed by atoms with Gasteiger partial charge in [0.25, 0.3) is 5.91 Å². The zero-order valence-corrected chi connectivity index (χ0v) is 21.1. The topological polar surface area (TPSA) is 138 Å². The molecule has 1 aromatic heterocycles. The first kappa shape index (κ1) is 28.4. The van der Waals surface area contributed by atoms with E-state index in [-0.39, 0.29) is 44.2 Å². The summed E-state index contributed by atoms with van der Waals surface area (Å²) in [7, 11) is 0. The maximum Gasteiger partial charge on any atom is 0.391 e. The van der Waals surface area contributed by atoms with Crippen molar-refractivity contribution in [1.29, 1.82) is 0 Å². The van der Waals surface area contributed by atoms with Crippen LogP contribution in [0.3, 0.4) is 0 Å². The number of carbonyl (C=O) groups excluding carboxylic acids is 2. The minimum absolute atomic E-state index is 0.0227. The van der Waals surface area contributed by atoms with Gasteiger partial charge in [0, 0.05) is 0 Å². The van der Waals surface area contributed by atoms with E-state index in [2.05, 4.69) is 15.3 Å². The van der Waals surface area contributed by atoms with Crippen LogP contribution in [0.25, 0.3) is 11.0 Å². The molecule has 1 aliphatic carbocycles. The number of fused-ring (bicyclic) bond motifs is 1. The second-order valence-corrected chi connectivity index (χ2v) is 10.2. The molecule has 0 saturated heterocycles. The van der Waals surface area contributed by atoms with Crippen molar-refractivity contribution in [2.75, 3.05) is 0 Å². The van der Waals surface area contributed by atoms with Crippen molar-refractivity contribution in [1.82, 2.24) is 15.3 Å². The Bertz CT molecular complexity index is 1300. The number of aliphatic hydroxyl groups excluding tert-OH is 1. The van der Waals surface area contributed by atoms with Crippen molar-refractivity contribution in [2.24, 2.45) is 17.6 Å². The third kappa shape index (κ3) is 6.90. The molecule has 2 amide bonds. The molecule has 208 valence electrons. The van der Waals surface area contributed by atoms with Crippen LogP contribution in [0.5, 0.6) is 0 Å². The summed E-state index contributed by atoms with van der Waals surface area (Å²) in [5.41, 5.74) is 5.71. The van der Waals surface area contributed by atoms with Gasteiger partial charge in [-0.25, -0.2) is 4.98 Å². The summed E-state index contributed by atoms with van der Waals surface area (Å²) in [6, 6.07) is 15.1. The number of aliphatic hydroxyl groups is 2. The lowest BCUT2D eigenvalue weighted by molar-refractivity contribution is -0.197. The number of carbonyl (C=O) groups is 2. The molecular weight excluding hydrogens is 513 g/mol. The van der Waals surface area contributed by atoms with Crippen molar-refractivity contribution < 1.29 is 33.0 Å². The van der Waals surface area contributed by atoms with Gasteiger partial charge >= 0.3 is 6.18 Å². The standard InChI is InChI=1S/C28H31F3N4O4/c29-28(30,31)18-10-12-27(39,13-11-18)19(25(32)37)15-24(36)22(14-17-6-2-1-3-7-17)35-26(38)23-16-33-20-8-4-5-9-21(20)34-23/h1-9,16,18-19,22,24,36,39H,10-15H2,(H2,32,37)(H,35,38)/t18?,19-,22+,24+,27?/m1/s1. The molecule has 11 heteroatoms. The summed E-state index contributed by atoms with van der Waals surface area (Å²) in [6.45, 7) is 0. The Morgan fingerprint density at radius 3 is 2.28 bits per heavy atom. The van der Waals surface area contributed by atoms with Crippen molar-refractivity contribution in [3.05, 3.63) is 72.1 Å². The highest BCUT2D eigenvalue weighted by atomic mass is 19.4. The summed E-state index contributed by atoms with van der Waals surface area (Å²) in [5.74, 6) is -4.40. The molecule has 5 N–H and O–H groups in total. The summed E-state index contributed by atoms with van der Waals surface area (Å²) >= 11 is 0. The van der Waals surface area contributed by atoms with Crippen LogP contribution in [0.15, 0.2) is 60.8 Å². The highest BCUT2D eigenvalue weighted by molar-refractivity contribution is 5.94. The van der Waals surface area contributed by atoms with Gasteiger partial charge in [-0.1, -0.05) is 42.5 Å². The Hall–Kier alpha value is -3.57. The van der Waals surface area contributed by atoms with E-state index in [0.29, 0.717) is 11.0 Å². The van der Waals surface area contributed by atoms with Gasteiger partial charge in [-0.05, 0) is 56.2 Å². The lowest BCUT2D eigenvalue weighted by atomic mass is 9.69. The lowest BCUT2D eigenvalue weighted by Gasteiger charge is -2.41. The number of nitrogens with two attached hydrogens (primary N) is 1. The van der Waals surface area contributed by atoms with Gasteiger partial charge in [-0.3, -0.25) is 14.6 Å². The Morgan fingerprint density at radius 1 is 1.05 bits per heavy atom. The van der Waals surface area contributed by atoms with Crippen molar-refractivity contribution in [2.45, 2.75) is 62.4 Å². The third-order valence-electron chi connectivity index (χ3n) is 7.54. The Kier molecular flexibility index (Phi) is 8.51. The monoisotopic (exact) mass is 544 g/mol. The van der Waals surface area contributed by atoms with Crippen LogP contribution < -0.4 is 11.1 Å². The fourth-order valence-electron chi connectivity index (χ4n) is 5.26. The first-order valence-electron chi connectivity index (χ1n) is 12.8. The van der Waals surface area contributed by atoms with E-state index in [1.807, 2.05) is 6.07 Å². The fourth-order valence-corrected chi connectivity index (χ4v) is 5.26. The van der Waals surface area contributed by atoms with Crippen LogP contribution in [0, 0.1) is 11.8 Å². The van der Waals surface area contributed by atoms with Gasteiger partial charge < -0.3 is 21.3 Å². The first-order valence-corrected chi connectivity index (χ1v) is 12.8.